The summed E-state index contributed by atoms with van der Waals surface area (Å²) in [6, 6.07) is 10.7. The Morgan fingerprint density at radius 3 is 2.48 bits per heavy atom. The second kappa shape index (κ2) is 11.7. The van der Waals surface area contributed by atoms with Gasteiger partial charge in [0.2, 0.25) is 0 Å². The molecule has 0 aliphatic carbocycles. The summed E-state index contributed by atoms with van der Waals surface area (Å²) in [5.41, 5.74) is 1.26. The molecule has 1 aliphatic heterocycles. The lowest BCUT2D eigenvalue weighted by Gasteiger charge is -2.35. The number of guanidine groups is 1. The normalized spacial score (nSPS) is 22.8. The molecular weight excluding hydrogens is 427 g/mol. The Bertz CT molecular complexity index is 501. The second-order valence-corrected chi connectivity index (χ2v) is 6.65. The molecule has 2 rings (SSSR count). The molecule has 0 spiro atoms. The van der Waals surface area contributed by atoms with Crippen LogP contribution < -0.4 is 10.6 Å². The average molecular weight is 460 g/mol. The van der Waals surface area contributed by atoms with Gasteiger partial charge in [-0.05, 0) is 32.8 Å². The summed E-state index contributed by atoms with van der Waals surface area (Å²) in [5.74, 6) is 0.857. The van der Waals surface area contributed by atoms with Gasteiger partial charge >= 0.3 is 0 Å². The Morgan fingerprint density at radius 2 is 1.88 bits per heavy atom. The van der Waals surface area contributed by atoms with Gasteiger partial charge in [-0.15, -0.1) is 24.0 Å². The number of nitrogens with one attached hydrogen (secondary N) is 2. The number of benzene rings is 1. The highest BCUT2D eigenvalue weighted by molar-refractivity contribution is 14.0. The SMILES string of the molecule is CN=C(NCCCN1CC(C)OC(C)C1)NC(C)c1ccccc1.I. The number of hydrogen-bond acceptors (Lipinski definition) is 3. The molecule has 1 aromatic rings. The number of nitrogens with zero attached hydrogens (tertiary/aromatic N) is 2. The summed E-state index contributed by atoms with van der Waals surface area (Å²) < 4.78 is 5.78. The summed E-state index contributed by atoms with van der Waals surface area (Å²) in [7, 11) is 1.82. The van der Waals surface area contributed by atoms with Crippen LogP contribution in [0.2, 0.25) is 0 Å². The van der Waals surface area contributed by atoms with E-state index in [2.05, 4.69) is 65.6 Å². The zero-order valence-corrected chi connectivity index (χ0v) is 18.2. The highest BCUT2D eigenvalue weighted by Crippen LogP contribution is 2.11. The first-order chi connectivity index (χ1) is 11.6. The first-order valence-electron chi connectivity index (χ1n) is 8.98. The number of morpholine rings is 1. The molecule has 1 aliphatic rings. The Morgan fingerprint density at radius 1 is 1.24 bits per heavy atom. The van der Waals surface area contributed by atoms with Crippen LogP contribution in [0.1, 0.15) is 38.8 Å². The maximum atomic E-state index is 5.78. The maximum Gasteiger partial charge on any atom is 0.191 e. The third kappa shape index (κ3) is 7.92. The van der Waals surface area contributed by atoms with Gasteiger partial charge in [-0.1, -0.05) is 30.3 Å². The van der Waals surface area contributed by atoms with Crippen molar-refractivity contribution in [2.75, 3.05) is 33.2 Å². The van der Waals surface area contributed by atoms with Gasteiger partial charge in [-0.25, -0.2) is 0 Å². The van der Waals surface area contributed by atoms with Crippen LogP contribution in [0.3, 0.4) is 0 Å². The quantitative estimate of drug-likeness (QED) is 0.297. The van der Waals surface area contributed by atoms with Crippen molar-refractivity contribution in [2.45, 2.75) is 45.4 Å². The van der Waals surface area contributed by atoms with E-state index in [1.165, 1.54) is 5.56 Å². The minimum atomic E-state index is 0. The van der Waals surface area contributed by atoms with E-state index in [-0.39, 0.29) is 30.0 Å². The van der Waals surface area contributed by atoms with Crippen molar-refractivity contribution in [3.05, 3.63) is 35.9 Å². The molecule has 6 heteroatoms. The monoisotopic (exact) mass is 460 g/mol. The molecule has 1 fully saturated rings. The lowest BCUT2D eigenvalue weighted by Crippen LogP contribution is -2.46. The minimum Gasteiger partial charge on any atom is -0.373 e. The molecule has 25 heavy (non-hydrogen) atoms. The Labute approximate surface area is 169 Å². The predicted molar refractivity (Wildman–Crippen MR) is 116 cm³/mol. The number of halogens is 1. The van der Waals surface area contributed by atoms with Gasteiger partial charge in [-0.2, -0.15) is 0 Å². The first kappa shape index (κ1) is 22.2. The summed E-state index contributed by atoms with van der Waals surface area (Å²) in [6.45, 7) is 10.5. The first-order valence-corrected chi connectivity index (χ1v) is 8.98. The van der Waals surface area contributed by atoms with Gasteiger partial charge in [0.15, 0.2) is 5.96 Å². The molecule has 1 saturated heterocycles. The summed E-state index contributed by atoms with van der Waals surface area (Å²) in [6.07, 6.45) is 1.77. The average Bonchev–Trinajstić information content (AvgIpc) is 2.57. The molecule has 0 radical (unpaired) electrons. The molecule has 1 aromatic carbocycles. The molecule has 0 amide bonds. The lowest BCUT2D eigenvalue weighted by atomic mass is 10.1. The van der Waals surface area contributed by atoms with Crippen LogP contribution in [0.5, 0.6) is 0 Å². The standard InChI is InChI=1S/C19H32N4O.HI/c1-15-13-23(14-16(2)24-15)12-8-11-21-19(20-4)22-17(3)18-9-6-5-7-10-18;/h5-7,9-10,15-17H,8,11-14H2,1-4H3,(H2,20,21,22);1H. The Kier molecular flexibility index (Phi) is 10.4. The van der Waals surface area contributed by atoms with E-state index in [1.807, 2.05) is 13.1 Å². The van der Waals surface area contributed by atoms with Crippen LogP contribution in [0.25, 0.3) is 0 Å². The van der Waals surface area contributed by atoms with E-state index in [4.69, 9.17) is 4.74 Å². The van der Waals surface area contributed by atoms with Crippen molar-refractivity contribution in [2.24, 2.45) is 4.99 Å². The van der Waals surface area contributed by atoms with E-state index < -0.39 is 0 Å². The fourth-order valence-electron chi connectivity index (χ4n) is 3.20. The summed E-state index contributed by atoms with van der Waals surface area (Å²) in [5, 5.41) is 6.85. The molecule has 0 aromatic heterocycles. The highest BCUT2D eigenvalue weighted by atomic mass is 127. The van der Waals surface area contributed by atoms with E-state index in [0.717, 1.165) is 38.6 Å². The van der Waals surface area contributed by atoms with Gasteiger partial charge in [-0.3, -0.25) is 9.89 Å². The zero-order chi connectivity index (χ0) is 17.4. The third-order valence-corrected chi connectivity index (χ3v) is 4.32. The van der Waals surface area contributed by atoms with Crippen molar-refractivity contribution in [1.82, 2.24) is 15.5 Å². The van der Waals surface area contributed by atoms with E-state index in [9.17, 15) is 0 Å². The maximum absolute atomic E-state index is 5.78. The minimum absolute atomic E-state index is 0. The number of hydrogen-bond donors (Lipinski definition) is 2. The van der Waals surface area contributed by atoms with Crippen LogP contribution in [0.15, 0.2) is 35.3 Å². The van der Waals surface area contributed by atoms with E-state index in [0.29, 0.717) is 12.2 Å². The highest BCUT2D eigenvalue weighted by Gasteiger charge is 2.21. The molecule has 3 atom stereocenters. The lowest BCUT2D eigenvalue weighted by molar-refractivity contribution is -0.0679. The van der Waals surface area contributed by atoms with Gasteiger partial charge in [0.25, 0.3) is 0 Å². The van der Waals surface area contributed by atoms with E-state index in [1.54, 1.807) is 0 Å². The van der Waals surface area contributed by atoms with Gasteiger partial charge in [0.05, 0.1) is 18.2 Å². The molecule has 5 nitrogen and oxygen atoms in total. The largest absolute Gasteiger partial charge is 0.373 e. The molecule has 0 saturated carbocycles. The Balaban J connectivity index is 0.00000312. The fraction of sp³-hybridized carbons (Fsp3) is 0.632. The third-order valence-electron chi connectivity index (χ3n) is 4.32. The van der Waals surface area contributed by atoms with Crippen LogP contribution in [-0.4, -0.2) is 56.3 Å². The molecular formula is C19H33IN4O. The van der Waals surface area contributed by atoms with Gasteiger partial charge in [0.1, 0.15) is 0 Å². The van der Waals surface area contributed by atoms with E-state index >= 15 is 0 Å². The molecule has 142 valence electrons. The van der Waals surface area contributed by atoms with Crippen molar-refractivity contribution >= 4 is 29.9 Å². The van der Waals surface area contributed by atoms with Crippen LogP contribution in [0.4, 0.5) is 0 Å². The smallest absolute Gasteiger partial charge is 0.191 e. The topological polar surface area (TPSA) is 48.9 Å². The predicted octanol–water partition coefficient (Wildman–Crippen LogP) is 3.03. The number of ether oxygens (including phenoxy) is 1. The van der Waals surface area contributed by atoms with Crippen molar-refractivity contribution in [3.63, 3.8) is 0 Å². The zero-order valence-electron chi connectivity index (χ0n) is 15.9. The Hall–Kier alpha value is -0.860. The van der Waals surface area contributed by atoms with Crippen LogP contribution in [0, 0.1) is 0 Å². The van der Waals surface area contributed by atoms with Crippen LogP contribution >= 0.6 is 24.0 Å². The second-order valence-electron chi connectivity index (χ2n) is 6.65. The number of rotatable bonds is 6. The van der Waals surface area contributed by atoms with Crippen molar-refractivity contribution < 1.29 is 4.74 Å². The summed E-state index contributed by atoms with van der Waals surface area (Å²) >= 11 is 0. The fourth-order valence-corrected chi connectivity index (χ4v) is 3.20. The van der Waals surface area contributed by atoms with Crippen molar-refractivity contribution in [3.8, 4) is 0 Å². The molecule has 1 heterocycles. The molecule has 2 N–H and O–H groups in total. The number of aliphatic imine (C=N–C) groups is 1. The van der Waals surface area contributed by atoms with Gasteiger partial charge in [0, 0.05) is 33.2 Å². The van der Waals surface area contributed by atoms with Gasteiger partial charge < -0.3 is 15.4 Å². The van der Waals surface area contributed by atoms with Crippen molar-refractivity contribution in [1.29, 1.82) is 0 Å². The summed E-state index contributed by atoms with van der Waals surface area (Å²) in [4.78, 5) is 6.81. The molecule has 3 unspecified atom stereocenters. The molecule has 0 bridgehead atoms. The van der Waals surface area contributed by atoms with Crippen LogP contribution in [-0.2, 0) is 4.74 Å².